The molecule has 0 saturated carbocycles. The predicted octanol–water partition coefficient (Wildman–Crippen LogP) is 15.6. The maximum atomic E-state index is 5.43. The minimum Gasteiger partial charge on any atom is -0.247 e. The van der Waals surface area contributed by atoms with Gasteiger partial charge in [-0.05, 0) is 51.6 Å². The highest BCUT2D eigenvalue weighted by molar-refractivity contribution is 7.24. The van der Waals surface area contributed by atoms with Crippen LogP contribution in [0.2, 0.25) is 0 Å². The fourth-order valence-electron chi connectivity index (χ4n) is 8.25. The normalized spacial score (nSPS) is 11.3. The highest BCUT2D eigenvalue weighted by atomic mass is 32.1. The van der Waals surface area contributed by atoms with Gasteiger partial charge >= 0.3 is 0 Å². The Labute approximate surface area is 359 Å². The molecule has 0 N–H and O–H groups in total. The van der Waals surface area contributed by atoms with E-state index in [1.807, 2.05) is 35.6 Å². The summed E-state index contributed by atoms with van der Waals surface area (Å²) in [5, 5.41) is 2.33. The molecule has 3 nitrogen and oxygen atoms in total. The number of thiophene rings is 1. The lowest BCUT2D eigenvalue weighted by Gasteiger charge is -2.12. The van der Waals surface area contributed by atoms with Crippen molar-refractivity contribution in [3.8, 4) is 89.0 Å². The first kappa shape index (κ1) is 36.3. The molecule has 0 atom stereocenters. The van der Waals surface area contributed by atoms with E-state index in [0.29, 0.717) is 5.82 Å². The van der Waals surface area contributed by atoms with Crippen molar-refractivity contribution in [1.82, 2.24) is 15.0 Å². The molecule has 3 heterocycles. The van der Waals surface area contributed by atoms with Gasteiger partial charge in [-0.1, -0.05) is 206 Å². The van der Waals surface area contributed by atoms with Crippen LogP contribution in [0.15, 0.2) is 224 Å². The van der Waals surface area contributed by atoms with Crippen molar-refractivity contribution in [3.05, 3.63) is 224 Å². The predicted molar refractivity (Wildman–Crippen MR) is 256 cm³/mol. The number of pyridine rings is 1. The molecule has 286 valence electrons. The Morgan fingerprint density at radius 3 is 1.30 bits per heavy atom. The highest BCUT2D eigenvalue weighted by Crippen LogP contribution is 2.50. The van der Waals surface area contributed by atoms with Gasteiger partial charge in [-0.25, -0.2) is 15.0 Å². The van der Waals surface area contributed by atoms with Crippen molar-refractivity contribution in [3.63, 3.8) is 0 Å². The van der Waals surface area contributed by atoms with Crippen LogP contribution in [-0.4, -0.2) is 15.0 Å². The van der Waals surface area contributed by atoms with E-state index in [0.717, 1.165) is 61.4 Å². The second-order valence-corrected chi connectivity index (χ2v) is 16.2. The van der Waals surface area contributed by atoms with E-state index in [9.17, 15) is 0 Å². The Hall–Kier alpha value is -7.79. The van der Waals surface area contributed by atoms with Gasteiger partial charge in [0.05, 0.1) is 22.6 Å². The van der Waals surface area contributed by atoms with Crippen molar-refractivity contribution >= 4 is 32.3 Å². The average Bonchev–Trinajstić information content (AvgIpc) is 3.76. The second kappa shape index (κ2) is 15.8. The first-order valence-corrected chi connectivity index (χ1v) is 21.3. The molecule has 0 bridgehead atoms. The summed E-state index contributed by atoms with van der Waals surface area (Å²) in [7, 11) is 0. The van der Waals surface area contributed by atoms with Gasteiger partial charge in [0.15, 0.2) is 5.82 Å². The maximum absolute atomic E-state index is 5.43. The van der Waals surface area contributed by atoms with E-state index in [4.69, 9.17) is 15.0 Å². The lowest BCUT2D eigenvalue weighted by atomic mass is 9.94. The molecular formula is C57H37N3S. The van der Waals surface area contributed by atoms with Crippen LogP contribution < -0.4 is 0 Å². The van der Waals surface area contributed by atoms with Crippen LogP contribution in [-0.2, 0) is 0 Å². The van der Waals surface area contributed by atoms with Crippen molar-refractivity contribution in [2.75, 3.05) is 0 Å². The zero-order chi connectivity index (χ0) is 40.5. The molecule has 0 spiro atoms. The Morgan fingerprint density at radius 1 is 0.311 bits per heavy atom. The maximum Gasteiger partial charge on any atom is 0.160 e. The third-order valence-electron chi connectivity index (χ3n) is 11.3. The van der Waals surface area contributed by atoms with Crippen LogP contribution in [0.5, 0.6) is 0 Å². The first-order valence-electron chi connectivity index (χ1n) is 20.5. The van der Waals surface area contributed by atoms with Gasteiger partial charge < -0.3 is 0 Å². The lowest BCUT2D eigenvalue weighted by molar-refractivity contribution is 1.18. The SMILES string of the molecule is c1ccc(-c2ccc(-c3cc(-c4ccc(-c5ccc6nc(-c7ccccc7)c7c(-c8ccccc8)c(-c8ccccc8)sc7c6c5)cc4)nc(-c4ccccc4)n3)cc2)cc1. The first-order chi connectivity index (χ1) is 30.2. The molecule has 0 aliphatic carbocycles. The topological polar surface area (TPSA) is 38.7 Å². The zero-order valence-corrected chi connectivity index (χ0v) is 33.9. The van der Waals surface area contributed by atoms with Crippen molar-refractivity contribution < 1.29 is 0 Å². The molecule has 0 radical (unpaired) electrons. The molecular weight excluding hydrogens is 759 g/mol. The molecule has 0 fully saturated rings. The van der Waals surface area contributed by atoms with Gasteiger partial charge in [-0.3, -0.25) is 0 Å². The van der Waals surface area contributed by atoms with Gasteiger partial charge in [0, 0.05) is 48.2 Å². The highest BCUT2D eigenvalue weighted by Gasteiger charge is 2.23. The molecule has 8 aromatic carbocycles. The van der Waals surface area contributed by atoms with Gasteiger partial charge in [0.25, 0.3) is 0 Å². The quantitative estimate of drug-likeness (QED) is 0.154. The summed E-state index contributed by atoms with van der Waals surface area (Å²) in [6, 6.07) is 79.0. The van der Waals surface area contributed by atoms with E-state index < -0.39 is 0 Å². The Morgan fingerprint density at radius 2 is 0.738 bits per heavy atom. The molecule has 61 heavy (non-hydrogen) atoms. The minimum atomic E-state index is 0.700. The van der Waals surface area contributed by atoms with Gasteiger partial charge in [0.1, 0.15) is 0 Å². The largest absolute Gasteiger partial charge is 0.247 e. The third kappa shape index (κ3) is 6.99. The molecule has 0 saturated heterocycles. The van der Waals surface area contributed by atoms with Gasteiger partial charge in [-0.2, -0.15) is 0 Å². The van der Waals surface area contributed by atoms with Crippen LogP contribution >= 0.6 is 11.3 Å². The number of fused-ring (bicyclic) bond motifs is 3. The molecule has 11 rings (SSSR count). The smallest absolute Gasteiger partial charge is 0.160 e. The average molecular weight is 796 g/mol. The molecule has 11 aromatic rings. The fraction of sp³-hybridized carbons (Fsp3) is 0. The standard InChI is InChI=1S/C57H37N3S/c1-6-16-38(17-7-1)39-26-30-41(31-27-39)50-37-51(60-57(59-50)46-24-14-5-15-25-46)42-32-28-40(29-33-42)47-34-35-49-48(36-47)56-53(54(58-49)44-20-10-3-11-21-44)52(43-18-8-2-9-19-43)55(61-56)45-22-12-4-13-23-45/h1-37H. The fourth-order valence-corrected chi connectivity index (χ4v) is 9.61. The van der Waals surface area contributed by atoms with Crippen molar-refractivity contribution in [2.24, 2.45) is 0 Å². The van der Waals surface area contributed by atoms with E-state index in [2.05, 4.69) is 200 Å². The van der Waals surface area contributed by atoms with E-state index in [1.165, 1.54) is 42.8 Å². The van der Waals surface area contributed by atoms with Crippen LogP contribution in [0.1, 0.15) is 0 Å². The number of rotatable bonds is 8. The Bertz CT molecular complexity index is 3290. The van der Waals surface area contributed by atoms with Crippen LogP contribution in [0.4, 0.5) is 0 Å². The number of hydrogen-bond donors (Lipinski definition) is 0. The van der Waals surface area contributed by atoms with Crippen LogP contribution in [0.3, 0.4) is 0 Å². The second-order valence-electron chi connectivity index (χ2n) is 15.1. The zero-order valence-electron chi connectivity index (χ0n) is 33.1. The monoisotopic (exact) mass is 795 g/mol. The van der Waals surface area contributed by atoms with Gasteiger partial charge in [0.2, 0.25) is 0 Å². The summed E-state index contributed by atoms with van der Waals surface area (Å²) >= 11 is 1.86. The summed E-state index contributed by atoms with van der Waals surface area (Å²) in [6.07, 6.45) is 0. The number of benzene rings is 8. The molecule has 0 unspecified atom stereocenters. The summed E-state index contributed by atoms with van der Waals surface area (Å²) in [6.45, 7) is 0. The molecule has 0 amide bonds. The summed E-state index contributed by atoms with van der Waals surface area (Å²) in [5.74, 6) is 0.700. The lowest BCUT2D eigenvalue weighted by Crippen LogP contribution is -1.96. The number of aromatic nitrogens is 3. The molecule has 3 aromatic heterocycles. The van der Waals surface area contributed by atoms with E-state index >= 15 is 0 Å². The summed E-state index contributed by atoms with van der Waals surface area (Å²) in [4.78, 5) is 16.9. The van der Waals surface area contributed by atoms with Crippen LogP contribution in [0.25, 0.3) is 110 Å². The van der Waals surface area contributed by atoms with E-state index in [1.54, 1.807) is 0 Å². The van der Waals surface area contributed by atoms with Crippen molar-refractivity contribution in [2.45, 2.75) is 0 Å². The molecule has 4 heteroatoms. The van der Waals surface area contributed by atoms with Crippen LogP contribution in [0, 0.1) is 0 Å². The minimum absolute atomic E-state index is 0.700. The third-order valence-corrected chi connectivity index (χ3v) is 12.6. The molecule has 0 aliphatic heterocycles. The van der Waals surface area contributed by atoms with Gasteiger partial charge in [-0.15, -0.1) is 11.3 Å². The number of hydrogen-bond acceptors (Lipinski definition) is 4. The van der Waals surface area contributed by atoms with Crippen molar-refractivity contribution in [1.29, 1.82) is 0 Å². The van der Waals surface area contributed by atoms with E-state index in [-0.39, 0.29) is 0 Å². The number of nitrogens with zero attached hydrogens (tertiary/aromatic N) is 3. The summed E-state index contributed by atoms with van der Waals surface area (Å²) < 4.78 is 1.23. The molecule has 0 aliphatic rings. The Balaban J connectivity index is 1.02. The summed E-state index contributed by atoms with van der Waals surface area (Å²) in [5.41, 5.74) is 16.1. The Kier molecular flexibility index (Phi) is 9.38.